The molecule has 5 heteroatoms. The van der Waals surface area contributed by atoms with E-state index < -0.39 is 5.60 Å². The van der Waals surface area contributed by atoms with Crippen LogP contribution in [-0.2, 0) is 30.3 Å². The summed E-state index contributed by atoms with van der Waals surface area (Å²) in [5.74, 6) is 0.338. The number of esters is 1. The summed E-state index contributed by atoms with van der Waals surface area (Å²) in [6, 6.07) is 10.2. The Kier molecular flexibility index (Phi) is 9.09. The number of ether oxygens (including phenoxy) is 4. The first kappa shape index (κ1) is 24.7. The van der Waals surface area contributed by atoms with E-state index in [0.29, 0.717) is 25.6 Å². The molecule has 2 aliphatic rings. The summed E-state index contributed by atoms with van der Waals surface area (Å²) in [6.07, 6.45) is 7.38. The van der Waals surface area contributed by atoms with Crippen LogP contribution >= 0.6 is 0 Å². The van der Waals surface area contributed by atoms with Crippen LogP contribution < -0.4 is 0 Å². The van der Waals surface area contributed by atoms with Gasteiger partial charge < -0.3 is 18.9 Å². The Balaban J connectivity index is 1.77. The third-order valence-electron chi connectivity index (χ3n) is 6.87. The minimum atomic E-state index is -0.430. The van der Waals surface area contributed by atoms with Crippen LogP contribution in [0.15, 0.2) is 54.1 Å². The SMILES string of the molecule is C=C1C[C@H](OC(C)=O)CC[C@]2(OCOC)/C(=C/CCOCc3ccccc3)[C@@H]1CC[C@H]2C. The molecule has 2 aliphatic carbocycles. The van der Waals surface area contributed by atoms with E-state index in [1.165, 1.54) is 18.1 Å². The summed E-state index contributed by atoms with van der Waals surface area (Å²) in [7, 11) is 1.66. The molecule has 0 N–H and O–H groups in total. The van der Waals surface area contributed by atoms with Crippen LogP contribution in [0.2, 0.25) is 0 Å². The lowest BCUT2D eigenvalue weighted by molar-refractivity contribution is -0.161. The van der Waals surface area contributed by atoms with E-state index in [1.807, 2.05) is 18.2 Å². The lowest BCUT2D eigenvalue weighted by Crippen LogP contribution is -2.50. The van der Waals surface area contributed by atoms with Gasteiger partial charge in [0.15, 0.2) is 0 Å². The van der Waals surface area contributed by atoms with Gasteiger partial charge in [-0.15, -0.1) is 0 Å². The number of hydrogen-bond acceptors (Lipinski definition) is 5. The highest BCUT2D eigenvalue weighted by Crippen LogP contribution is 2.51. The lowest BCUT2D eigenvalue weighted by Gasteiger charge is -2.50. The van der Waals surface area contributed by atoms with Crippen molar-refractivity contribution in [3.05, 3.63) is 59.7 Å². The van der Waals surface area contributed by atoms with Gasteiger partial charge in [-0.25, -0.2) is 0 Å². The first-order valence-corrected chi connectivity index (χ1v) is 11.8. The van der Waals surface area contributed by atoms with Gasteiger partial charge in [-0.2, -0.15) is 0 Å². The number of carbonyl (C=O) groups is 1. The molecule has 2 bridgehead atoms. The predicted molar refractivity (Wildman–Crippen MR) is 125 cm³/mol. The van der Waals surface area contributed by atoms with Crippen LogP contribution in [-0.4, -0.2) is 38.2 Å². The van der Waals surface area contributed by atoms with Crippen molar-refractivity contribution >= 4 is 5.97 Å². The average molecular weight is 443 g/mol. The second kappa shape index (κ2) is 11.8. The van der Waals surface area contributed by atoms with Crippen LogP contribution in [0.5, 0.6) is 0 Å². The van der Waals surface area contributed by atoms with Gasteiger partial charge in [-0.1, -0.05) is 55.5 Å². The summed E-state index contributed by atoms with van der Waals surface area (Å²) >= 11 is 0. The molecular formula is C27H38O5. The molecular weight excluding hydrogens is 404 g/mol. The summed E-state index contributed by atoms with van der Waals surface area (Å²) in [6.45, 7) is 9.66. The summed E-state index contributed by atoms with van der Waals surface area (Å²) in [4.78, 5) is 11.6. The average Bonchev–Trinajstić information content (AvgIpc) is 2.77. The van der Waals surface area contributed by atoms with Gasteiger partial charge in [0.1, 0.15) is 12.9 Å². The van der Waals surface area contributed by atoms with Crippen molar-refractivity contribution in [3.8, 4) is 0 Å². The molecule has 0 heterocycles. The molecule has 0 unspecified atom stereocenters. The maximum Gasteiger partial charge on any atom is 0.302 e. The van der Waals surface area contributed by atoms with E-state index in [9.17, 15) is 4.79 Å². The number of hydrogen-bond donors (Lipinski definition) is 0. The molecule has 0 saturated heterocycles. The van der Waals surface area contributed by atoms with Gasteiger partial charge in [0.25, 0.3) is 0 Å². The molecule has 0 aliphatic heterocycles. The summed E-state index contributed by atoms with van der Waals surface area (Å²) in [5, 5.41) is 0. The molecule has 1 aromatic rings. The Labute approximate surface area is 192 Å². The molecule has 0 amide bonds. The van der Waals surface area contributed by atoms with E-state index in [4.69, 9.17) is 18.9 Å². The smallest absolute Gasteiger partial charge is 0.302 e. The van der Waals surface area contributed by atoms with E-state index in [2.05, 4.69) is 31.7 Å². The normalized spacial score (nSPS) is 29.4. The van der Waals surface area contributed by atoms with Crippen molar-refractivity contribution in [2.45, 2.75) is 70.7 Å². The van der Waals surface area contributed by atoms with Gasteiger partial charge in [-0.05, 0) is 49.2 Å². The molecule has 2 saturated carbocycles. The van der Waals surface area contributed by atoms with Gasteiger partial charge in [0.2, 0.25) is 0 Å². The van der Waals surface area contributed by atoms with Crippen molar-refractivity contribution in [2.75, 3.05) is 20.5 Å². The molecule has 32 heavy (non-hydrogen) atoms. The maximum atomic E-state index is 11.6. The van der Waals surface area contributed by atoms with Crippen LogP contribution in [0.3, 0.4) is 0 Å². The van der Waals surface area contributed by atoms with E-state index in [0.717, 1.165) is 37.7 Å². The first-order chi connectivity index (χ1) is 15.5. The molecule has 2 fully saturated rings. The molecule has 176 valence electrons. The lowest BCUT2D eigenvalue weighted by atomic mass is 9.61. The zero-order chi connectivity index (χ0) is 23.0. The quantitative estimate of drug-likeness (QED) is 0.216. The minimum Gasteiger partial charge on any atom is -0.462 e. The fraction of sp³-hybridized carbons (Fsp3) is 0.593. The van der Waals surface area contributed by atoms with E-state index >= 15 is 0 Å². The third kappa shape index (κ3) is 6.09. The summed E-state index contributed by atoms with van der Waals surface area (Å²) < 4.78 is 23.3. The molecule has 3 rings (SSSR count). The van der Waals surface area contributed by atoms with Crippen molar-refractivity contribution in [2.24, 2.45) is 11.8 Å². The van der Waals surface area contributed by atoms with Crippen molar-refractivity contribution in [3.63, 3.8) is 0 Å². The molecule has 1 aromatic carbocycles. The van der Waals surface area contributed by atoms with Crippen LogP contribution in [0, 0.1) is 11.8 Å². The molecule has 4 atom stereocenters. The maximum absolute atomic E-state index is 11.6. The highest BCUT2D eigenvalue weighted by molar-refractivity contribution is 5.66. The number of carbonyl (C=O) groups excluding carboxylic acids is 1. The first-order valence-electron chi connectivity index (χ1n) is 11.8. The molecule has 5 nitrogen and oxygen atoms in total. The van der Waals surface area contributed by atoms with Crippen molar-refractivity contribution < 1.29 is 23.7 Å². The Morgan fingerprint density at radius 1 is 1.22 bits per heavy atom. The number of fused-ring (bicyclic) bond motifs is 2. The molecule has 0 aromatic heterocycles. The number of methoxy groups -OCH3 is 1. The number of benzene rings is 1. The van der Waals surface area contributed by atoms with E-state index in [-0.39, 0.29) is 24.8 Å². The molecule has 0 spiro atoms. The monoisotopic (exact) mass is 442 g/mol. The standard InChI is InChI=1S/C27H38O5/c1-20-17-24(32-22(3)28)14-15-27(31-19-29-4)21(2)12-13-25(20)26(27)11-8-16-30-18-23-9-6-5-7-10-23/h5-7,9-11,21,24-25H,1,8,12-19H2,2-4H3/b26-11+/t21-,24-,25-,27-/m1/s1. The topological polar surface area (TPSA) is 54.0 Å². The van der Waals surface area contributed by atoms with Gasteiger partial charge in [-0.3, -0.25) is 4.79 Å². The van der Waals surface area contributed by atoms with Crippen molar-refractivity contribution in [1.29, 1.82) is 0 Å². The van der Waals surface area contributed by atoms with Crippen molar-refractivity contribution in [1.82, 2.24) is 0 Å². The largest absolute Gasteiger partial charge is 0.462 e. The van der Waals surface area contributed by atoms with Gasteiger partial charge in [0.05, 0.1) is 18.8 Å². The van der Waals surface area contributed by atoms with Crippen LogP contribution in [0.4, 0.5) is 0 Å². The zero-order valence-electron chi connectivity index (χ0n) is 19.8. The Hall–Kier alpha value is -1.95. The molecule has 0 radical (unpaired) electrons. The Morgan fingerprint density at radius 2 is 2.00 bits per heavy atom. The van der Waals surface area contributed by atoms with Crippen LogP contribution in [0.25, 0.3) is 0 Å². The second-order valence-corrected chi connectivity index (χ2v) is 9.09. The fourth-order valence-electron chi connectivity index (χ4n) is 5.29. The van der Waals surface area contributed by atoms with E-state index in [1.54, 1.807) is 7.11 Å². The van der Waals surface area contributed by atoms with Gasteiger partial charge in [0, 0.05) is 26.4 Å². The fourth-order valence-corrected chi connectivity index (χ4v) is 5.29. The van der Waals surface area contributed by atoms with Crippen LogP contribution in [0.1, 0.15) is 57.9 Å². The Morgan fingerprint density at radius 3 is 2.72 bits per heavy atom. The Bertz CT molecular complexity index is 786. The summed E-state index contributed by atoms with van der Waals surface area (Å²) in [5.41, 5.74) is 3.19. The minimum absolute atomic E-state index is 0.144. The predicted octanol–water partition coefficient (Wildman–Crippen LogP) is 5.60. The number of rotatable bonds is 9. The highest BCUT2D eigenvalue weighted by atomic mass is 16.7. The zero-order valence-corrected chi connectivity index (χ0v) is 19.8. The highest BCUT2D eigenvalue weighted by Gasteiger charge is 2.49. The third-order valence-corrected chi connectivity index (χ3v) is 6.87. The van der Waals surface area contributed by atoms with Gasteiger partial charge >= 0.3 is 5.97 Å². The second-order valence-electron chi connectivity index (χ2n) is 9.09.